The van der Waals surface area contributed by atoms with Gasteiger partial charge < -0.3 is 9.80 Å². The number of nitro groups is 1. The molecule has 0 spiro atoms. The predicted octanol–water partition coefficient (Wildman–Crippen LogP) is 2.29. The summed E-state index contributed by atoms with van der Waals surface area (Å²) in [6.07, 6.45) is 5.61. The maximum atomic E-state index is 12.6. The average molecular weight is 402 g/mol. The third-order valence-electron chi connectivity index (χ3n) is 5.03. The van der Waals surface area contributed by atoms with Gasteiger partial charge in [0.2, 0.25) is 5.91 Å². The maximum absolute atomic E-state index is 12.6. The highest BCUT2D eigenvalue weighted by Crippen LogP contribution is 2.41. The van der Waals surface area contributed by atoms with Crippen molar-refractivity contribution in [1.29, 1.82) is 0 Å². The van der Waals surface area contributed by atoms with Gasteiger partial charge in [0, 0.05) is 44.4 Å². The van der Waals surface area contributed by atoms with E-state index in [2.05, 4.69) is 0 Å². The Hall–Kier alpha value is -1.68. The van der Waals surface area contributed by atoms with E-state index < -0.39 is 14.8 Å². The van der Waals surface area contributed by atoms with Crippen LogP contribution in [0, 0.1) is 16.0 Å². The van der Waals surface area contributed by atoms with Gasteiger partial charge in [0.1, 0.15) is 4.21 Å². The molecule has 2 fully saturated rings. The Morgan fingerprint density at radius 1 is 1.19 bits per heavy atom. The van der Waals surface area contributed by atoms with Gasteiger partial charge in [0.25, 0.3) is 0 Å². The molecule has 0 atom stereocenters. The molecule has 8 nitrogen and oxygen atoms in total. The van der Waals surface area contributed by atoms with Gasteiger partial charge in [-0.3, -0.25) is 14.9 Å². The zero-order valence-electron chi connectivity index (χ0n) is 14.7. The van der Waals surface area contributed by atoms with Gasteiger partial charge in [0.15, 0.2) is 14.8 Å². The van der Waals surface area contributed by atoms with Crippen LogP contribution in [0.1, 0.15) is 32.1 Å². The number of anilines is 1. The molecule has 0 unspecified atom stereocenters. The molecule has 26 heavy (non-hydrogen) atoms. The van der Waals surface area contributed by atoms with Crippen molar-refractivity contribution in [3.05, 3.63) is 16.2 Å². The SMILES string of the molecule is CS(=O)(=O)c1cc([N+](=O)[O-])c(N2CCC(C(=O)N3CCCCC3)CC2)s1. The Kier molecular flexibility index (Phi) is 5.52. The molecule has 0 N–H and O–H groups in total. The van der Waals surface area contributed by atoms with Crippen LogP contribution in [0.15, 0.2) is 10.3 Å². The third-order valence-corrected chi connectivity index (χ3v) is 8.02. The first-order chi connectivity index (χ1) is 12.3. The van der Waals surface area contributed by atoms with E-state index in [0.717, 1.165) is 49.6 Å². The number of thiophene rings is 1. The van der Waals surface area contributed by atoms with Crippen LogP contribution in [-0.4, -0.2) is 56.6 Å². The summed E-state index contributed by atoms with van der Waals surface area (Å²) in [5, 5.41) is 11.7. The van der Waals surface area contributed by atoms with Crippen molar-refractivity contribution < 1.29 is 18.1 Å². The second-order valence-corrected chi connectivity index (χ2v) is 10.2. The van der Waals surface area contributed by atoms with Crippen molar-refractivity contribution in [3.63, 3.8) is 0 Å². The molecule has 2 aliphatic rings. The fourth-order valence-electron chi connectivity index (χ4n) is 3.59. The number of carbonyl (C=O) groups is 1. The minimum Gasteiger partial charge on any atom is -0.358 e. The summed E-state index contributed by atoms with van der Waals surface area (Å²) in [6.45, 7) is 2.70. The summed E-state index contributed by atoms with van der Waals surface area (Å²) < 4.78 is 23.5. The molecular weight excluding hydrogens is 378 g/mol. The quantitative estimate of drug-likeness (QED) is 0.567. The van der Waals surface area contributed by atoms with Gasteiger partial charge in [0.05, 0.1) is 4.92 Å². The molecule has 0 saturated carbocycles. The van der Waals surface area contributed by atoms with Crippen LogP contribution in [0.3, 0.4) is 0 Å². The molecule has 3 rings (SSSR count). The van der Waals surface area contributed by atoms with Crippen molar-refractivity contribution in [3.8, 4) is 0 Å². The van der Waals surface area contributed by atoms with Gasteiger partial charge in [-0.1, -0.05) is 11.3 Å². The molecule has 144 valence electrons. The fraction of sp³-hybridized carbons (Fsp3) is 0.688. The molecule has 1 aromatic heterocycles. The lowest BCUT2D eigenvalue weighted by molar-refractivity contribution is -0.383. The van der Waals surface area contributed by atoms with Gasteiger partial charge in [-0.05, 0) is 32.1 Å². The summed E-state index contributed by atoms with van der Waals surface area (Å²) >= 11 is 0.940. The molecule has 2 saturated heterocycles. The predicted molar refractivity (Wildman–Crippen MR) is 99.5 cm³/mol. The van der Waals surface area contributed by atoms with Gasteiger partial charge in [-0.25, -0.2) is 8.42 Å². The number of piperidine rings is 2. The molecule has 1 aromatic rings. The number of hydrogen-bond acceptors (Lipinski definition) is 7. The average Bonchev–Trinajstić information content (AvgIpc) is 3.08. The van der Waals surface area contributed by atoms with E-state index >= 15 is 0 Å². The topological polar surface area (TPSA) is 101 Å². The largest absolute Gasteiger partial charge is 0.358 e. The summed E-state index contributed by atoms with van der Waals surface area (Å²) in [4.78, 5) is 27.2. The molecular formula is C16H23N3O5S2. The molecule has 1 amide bonds. The third kappa shape index (κ3) is 4.01. The van der Waals surface area contributed by atoms with E-state index in [1.807, 2.05) is 9.80 Å². The molecule has 0 aromatic carbocycles. The Bertz CT molecular complexity index is 791. The van der Waals surface area contributed by atoms with Crippen LogP contribution < -0.4 is 4.90 Å². The monoisotopic (exact) mass is 401 g/mol. The lowest BCUT2D eigenvalue weighted by Crippen LogP contribution is -2.44. The van der Waals surface area contributed by atoms with E-state index in [9.17, 15) is 23.3 Å². The first kappa shape index (κ1) is 19.1. The van der Waals surface area contributed by atoms with Gasteiger partial charge in [-0.2, -0.15) is 0 Å². The zero-order valence-corrected chi connectivity index (χ0v) is 16.4. The van der Waals surface area contributed by atoms with Crippen molar-refractivity contribution in [2.45, 2.75) is 36.3 Å². The van der Waals surface area contributed by atoms with Crippen molar-refractivity contribution >= 4 is 37.8 Å². The second kappa shape index (κ2) is 7.51. The van der Waals surface area contributed by atoms with Crippen LogP contribution in [0.2, 0.25) is 0 Å². The number of amides is 1. The standard InChI is InChI=1S/C16H23N3O5S2/c1-26(23,24)14-11-13(19(21)22)16(25-14)18-9-5-12(6-10-18)15(20)17-7-3-2-4-8-17/h11-12H,2-10H2,1H3. The second-order valence-electron chi connectivity index (χ2n) is 6.93. The summed E-state index contributed by atoms with van der Waals surface area (Å²) in [5.74, 6) is 0.152. The number of sulfone groups is 1. The number of likely N-dealkylation sites (tertiary alicyclic amines) is 1. The minimum atomic E-state index is -3.49. The van der Waals surface area contributed by atoms with E-state index in [-0.39, 0.29) is 21.7 Å². The maximum Gasteiger partial charge on any atom is 0.305 e. The molecule has 10 heteroatoms. The number of hydrogen-bond donors (Lipinski definition) is 0. The lowest BCUT2D eigenvalue weighted by Gasteiger charge is -2.35. The number of carbonyl (C=O) groups excluding carboxylic acids is 1. The number of nitrogens with zero attached hydrogens (tertiary/aromatic N) is 3. The van der Waals surface area contributed by atoms with E-state index in [4.69, 9.17) is 0 Å². The molecule has 0 bridgehead atoms. The normalized spacial score (nSPS) is 19.6. The zero-order chi connectivity index (χ0) is 18.9. The van der Waals surface area contributed by atoms with Crippen LogP contribution in [0.25, 0.3) is 0 Å². The summed E-state index contributed by atoms with van der Waals surface area (Å²) in [5.41, 5.74) is -0.170. The fourth-order valence-corrected chi connectivity index (χ4v) is 5.67. The Labute approximate surface area is 156 Å². The Balaban J connectivity index is 1.70. The highest BCUT2D eigenvalue weighted by atomic mass is 32.2. The van der Waals surface area contributed by atoms with Crippen LogP contribution >= 0.6 is 11.3 Å². The minimum absolute atomic E-state index is 0.00529. The van der Waals surface area contributed by atoms with Crippen molar-refractivity contribution in [2.75, 3.05) is 37.3 Å². The molecule has 3 heterocycles. The van der Waals surface area contributed by atoms with E-state index in [1.165, 1.54) is 6.42 Å². The molecule has 2 aliphatic heterocycles. The smallest absolute Gasteiger partial charge is 0.305 e. The highest BCUT2D eigenvalue weighted by molar-refractivity contribution is 7.92. The van der Waals surface area contributed by atoms with Crippen LogP contribution in [-0.2, 0) is 14.6 Å². The van der Waals surface area contributed by atoms with Crippen molar-refractivity contribution in [2.24, 2.45) is 5.92 Å². The van der Waals surface area contributed by atoms with E-state index in [1.54, 1.807) is 0 Å². The van der Waals surface area contributed by atoms with Crippen LogP contribution in [0.4, 0.5) is 10.7 Å². The lowest BCUT2D eigenvalue weighted by atomic mass is 9.94. The van der Waals surface area contributed by atoms with Crippen molar-refractivity contribution in [1.82, 2.24) is 4.90 Å². The van der Waals surface area contributed by atoms with Gasteiger partial charge >= 0.3 is 5.69 Å². The first-order valence-electron chi connectivity index (χ1n) is 8.79. The number of rotatable bonds is 4. The van der Waals surface area contributed by atoms with E-state index in [0.29, 0.717) is 30.9 Å². The Morgan fingerprint density at radius 3 is 2.35 bits per heavy atom. The summed E-state index contributed by atoms with van der Waals surface area (Å²) in [7, 11) is -3.49. The first-order valence-corrected chi connectivity index (χ1v) is 11.5. The summed E-state index contributed by atoms with van der Waals surface area (Å²) in [6, 6.07) is 1.14. The highest BCUT2D eigenvalue weighted by Gasteiger charge is 2.33. The van der Waals surface area contributed by atoms with Gasteiger partial charge in [-0.15, -0.1) is 0 Å². The van der Waals surface area contributed by atoms with Crippen LogP contribution in [0.5, 0.6) is 0 Å². The molecule has 0 radical (unpaired) electrons. The molecule has 0 aliphatic carbocycles. The Morgan fingerprint density at radius 2 is 1.81 bits per heavy atom.